The van der Waals surface area contributed by atoms with E-state index in [0.717, 1.165) is 4.47 Å². The largest absolute Gasteiger partial charge is 0.462 e. The Kier molecular flexibility index (Phi) is 11.1. The molecule has 1 aliphatic heterocycles. The molecule has 1 aliphatic rings. The highest BCUT2D eigenvalue weighted by molar-refractivity contribution is 9.10. The molecule has 0 spiro atoms. The number of esters is 4. The summed E-state index contributed by atoms with van der Waals surface area (Å²) in [4.78, 5) is 52.6. The molecule has 0 saturated carbocycles. The van der Waals surface area contributed by atoms with Gasteiger partial charge in [-0.05, 0) is 101 Å². The van der Waals surface area contributed by atoms with Crippen LogP contribution in [0.1, 0.15) is 94.8 Å². The first-order chi connectivity index (χ1) is 18.9. The first-order valence-electron chi connectivity index (χ1n) is 14.1. The third-order valence-corrected chi connectivity index (χ3v) is 6.92. The van der Waals surface area contributed by atoms with Gasteiger partial charge in [0.05, 0.1) is 21.7 Å². The van der Waals surface area contributed by atoms with Crippen molar-refractivity contribution in [3.05, 3.63) is 34.3 Å². The highest BCUT2D eigenvalue weighted by atomic mass is 79.9. The Morgan fingerprint density at radius 1 is 0.619 bits per heavy atom. The molecule has 2 rings (SSSR count). The van der Waals surface area contributed by atoms with Crippen LogP contribution in [0.5, 0.6) is 0 Å². The van der Waals surface area contributed by atoms with Gasteiger partial charge in [0.25, 0.3) is 0 Å². The minimum absolute atomic E-state index is 0.297. The number of ether oxygens (including phenoxy) is 5. The topological polar surface area (TPSA) is 114 Å². The van der Waals surface area contributed by atoms with Crippen molar-refractivity contribution in [2.45, 2.75) is 114 Å². The van der Waals surface area contributed by atoms with E-state index >= 15 is 0 Å². The van der Waals surface area contributed by atoms with E-state index in [0.29, 0.717) is 5.56 Å². The lowest BCUT2D eigenvalue weighted by Crippen LogP contribution is -2.61. The maximum atomic E-state index is 13.3. The molecule has 0 bridgehead atoms. The van der Waals surface area contributed by atoms with Gasteiger partial charge in [-0.1, -0.05) is 28.1 Å². The van der Waals surface area contributed by atoms with Crippen LogP contribution >= 0.6 is 15.9 Å². The van der Waals surface area contributed by atoms with Gasteiger partial charge in [-0.15, -0.1) is 0 Å². The van der Waals surface area contributed by atoms with Crippen LogP contribution in [0.4, 0.5) is 0 Å². The number of hydrogen-bond donors (Lipinski definition) is 0. The highest BCUT2D eigenvalue weighted by Gasteiger charge is 2.54. The average molecular weight is 656 g/mol. The van der Waals surface area contributed by atoms with Crippen LogP contribution < -0.4 is 0 Å². The van der Waals surface area contributed by atoms with Gasteiger partial charge in [-0.3, -0.25) is 19.2 Å². The summed E-state index contributed by atoms with van der Waals surface area (Å²) >= 11 is 3.43. The van der Waals surface area contributed by atoms with Crippen molar-refractivity contribution in [3.8, 4) is 0 Å². The second-order valence-electron chi connectivity index (χ2n) is 14.9. The summed E-state index contributed by atoms with van der Waals surface area (Å²) in [5.41, 5.74) is -2.95. The SMILES string of the molecule is CC(C)(C)C(=O)OC[C@H]1O[C@H](c2ccc(Br)cc2)[C@@H](OC(=O)C(C)(C)C)[C@@H](OC(=O)C(C)(C)C)[C@@H]1OC(=O)C(C)(C)C. The minimum atomic E-state index is -1.28. The summed E-state index contributed by atoms with van der Waals surface area (Å²) in [5.74, 6) is -2.24. The Hall–Kier alpha value is -2.46. The van der Waals surface area contributed by atoms with Crippen LogP contribution in [0.3, 0.4) is 0 Å². The monoisotopic (exact) mass is 654 g/mol. The summed E-state index contributed by atoms with van der Waals surface area (Å²) in [5, 5.41) is 0. The van der Waals surface area contributed by atoms with Gasteiger partial charge in [0.2, 0.25) is 0 Å². The molecule has 236 valence electrons. The number of halogens is 1. The molecule has 0 aliphatic carbocycles. The van der Waals surface area contributed by atoms with Gasteiger partial charge < -0.3 is 23.7 Å². The van der Waals surface area contributed by atoms with E-state index in [1.165, 1.54) is 0 Å². The fraction of sp³-hybridized carbons (Fsp3) is 0.688. The number of rotatable bonds is 6. The number of hydrogen-bond acceptors (Lipinski definition) is 9. The molecule has 1 aromatic carbocycles. The highest BCUT2D eigenvalue weighted by Crippen LogP contribution is 2.40. The van der Waals surface area contributed by atoms with Crippen LogP contribution in [-0.2, 0) is 42.9 Å². The Morgan fingerprint density at radius 3 is 1.40 bits per heavy atom. The van der Waals surface area contributed by atoms with E-state index in [-0.39, 0.29) is 6.61 Å². The molecule has 42 heavy (non-hydrogen) atoms. The van der Waals surface area contributed by atoms with E-state index in [1.54, 1.807) is 107 Å². The second-order valence-corrected chi connectivity index (χ2v) is 15.8. The Labute approximate surface area is 258 Å². The third kappa shape index (κ3) is 9.53. The van der Waals surface area contributed by atoms with Gasteiger partial charge in [-0.2, -0.15) is 0 Å². The molecule has 1 aromatic rings. The van der Waals surface area contributed by atoms with Gasteiger partial charge in [-0.25, -0.2) is 0 Å². The molecule has 1 saturated heterocycles. The molecule has 0 unspecified atom stereocenters. The molecule has 5 atom stereocenters. The molecule has 1 heterocycles. The Balaban J connectivity index is 2.74. The molecule has 0 aromatic heterocycles. The zero-order chi connectivity index (χ0) is 32.4. The summed E-state index contributed by atoms with van der Waals surface area (Å²) in [6.45, 7) is 20.1. The van der Waals surface area contributed by atoms with E-state index < -0.39 is 76.1 Å². The normalized spacial score (nSPS) is 23.5. The predicted molar refractivity (Wildman–Crippen MR) is 160 cm³/mol. The molecule has 0 radical (unpaired) electrons. The van der Waals surface area contributed by atoms with Gasteiger partial charge in [0.15, 0.2) is 18.3 Å². The van der Waals surface area contributed by atoms with Crippen LogP contribution in [0.2, 0.25) is 0 Å². The quantitative estimate of drug-likeness (QED) is 0.255. The summed E-state index contributed by atoms with van der Waals surface area (Å²) in [6, 6.07) is 7.18. The number of carbonyl (C=O) groups excluding carboxylic acids is 4. The molecule has 1 fully saturated rings. The van der Waals surface area contributed by atoms with Crippen molar-refractivity contribution in [2.75, 3.05) is 6.61 Å². The molecule has 9 nitrogen and oxygen atoms in total. The van der Waals surface area contributed by atoms with Crippen LogP contribution in [0.15, 0.2) is 28.7 Å². The summed E-state index contributed by atoms with van der Waals surface area (Å²) in [6.07, 6.45) is -5.75. The average Bonchev–Trinajstić information content (AvgIpc) is 2.82. The minimum Gasteiger partial charge on any atom is -0.462 e. The van der Waals surface area contributed by atoms with Crippen LogP contribution in [0, 0.1) is 21.7 Å². The zero-order valence-electron chi connectivity index (χ0n) is 27.0. The predicted octanol–water partition coefficient (Wildman–Crippen LogP) is 6.35. The maximum absolute atomic E-state index is 13.3. The van der Waals surface area contributed by atoms with Gasteiger partial charge in [0, 0.05) is 4.47 Å². The molecule has 0 amide bonds. The number of benzene rings is 1. The van der Waals surface area contributed by atoms with Crippen LogP contribution in [-0.4, -0.2) is 54.9 Å². The van der Waals surface area contributed by atoms with Crippen molar-refractivity contribution < 1.29 is 42.9 Å². The fourth-order valence-electron chi connectivity index (χ4n) is 3.65. The third-order valence-electron chi connectivity index (χ3n) is 6.39. The molecular weight excluding hydrogens is 608 g/mol. The lowest BCUT2D eigenvalue weighted by Gasteiger charge is -2.46. The van der Waals surface area contributed by atoms with Crippen molar-refractivity contribution in [3.63, 3.8) is 0 Å². The Bertz CT molecular complexity index is 1130. The first kappa shape index (κ1) is 35.7. The molecular formula is C32H47BrO9. The van der Waals surface area contributed by atoms with Gasteiger partial charge in [0.1, 0.15) is 18.8 Å². The van der Waals surface area contributed by atoms with E-state index in [2.05, 4.69) is 15.9 Å². The van der Waals surface area contributed by atoms with E-state index in [4.69, 9.17) is 23.7 Å². The van der Waals surface area contributed by atoms with Crippen molar-refractivity contribution in [1.29, 1.82) is 0 Å². The standard InChI is InChI=1S/C32H47BrO9/c1-29(2,3)25(34)38-17-20-22(40-26(35)30(4,5)6)24(42-28(37)32(10,11)12)23(41-27(36)31(7,8)9)21(39-20)18-13-15-19(33)16-14-18/h13-16,20-24H,17H2,1-12H3/t20-,21-,22-,23-,24+/m1/s1. The molecule has 0 N–H and O–H groups in total. The van der Waals surface area contributed by atoms with E-state index in [1.807, 2.05) is 0 Å². The molecule has 10 heteroatoms. The summed E-state index contributed by atoms with van der Waals surface area (Å²) < 4.78 is 31.0. The summed E-state index contributed by atoms with van der Waals surface area (Å²) in [7, 11) is 0. The maximum Gasteiger partial charge on any atom is 0.311 e. The van der Waals surface area contributed by atoms with Gasteiger partial charge >= 0.3 is 23.9 Å². The Morgan fingerprint density at radius 2 is 1.00 bits per heavy atom. The smallest absolute Gasteiger partial charge is 0.311 e. The van der Waals surface area contributed by atoms with Crippen molar-refractivity contribution >= 4 is 39.8 Å². The first-order valence-corrected chi connectivity index (χ1v) is 14.9. The lowest BCUT2D eigenvalue weighted by atomic mass is 9.88. The van der Waals surface area contributed by atoms with Crippen molar-refractivity contribution in [2.24, 2.45) is 21.7 Å². The van der Waals surface area contributed by atoms with Crippen molar-refractivity contribution in [1.82, 2.24) is 0 Å². The lowest BCUT2D eigenvalue weighted by molar-refractivity contribution is -0.262. The van der Waals surface area contributed by atoms with Crippen LogP contribution in [0.25, 0.3) is 0 Å². The van der Waals surface area contributed by atoms with E-state index in [9.17, 15) is 19.2 Å². The number of carbonyl (C=O) groups is 4. The zero-order valence-corrected chi connectivity index (χ0v) is 28.5. The second kappa shape index (κ2) is 13.0. The fourth-order valence-corrected chi connectivity index (χ4v) is 3.91.